The highest BCUT2D eigenvalue weighted by molar-refractivity contribution is 5.77. The smallest absolute Gasteiger partial charge is 0.255 e. The topological polar surface area (TPSA) is 97.0 Å². The molecule has 1 aliphatic carbocycles. The van der Waals surface area contributed by atoms with E-state index in [0.29, 0.717) is 38.9 Å². The number of carbonyl (C=O) groups excluding carboxylic acids is 1. The summed E-state index contributed by atoms with van der Waals surface area (Å²) in [7, 11) is 0. The second-order valence-electron chi connectivity index (χ2n) is 9.13. The molecule has 0 bridgehead atoms. The molecule has 9 heteroatoms. The summed E-state index contributed by atoms with van der Waals surface area (Å²) in [5.41, 5.74) is 1.68. The maximum atomic E-state index is 12.8. The zero-order chi connectivity index (χ0) is 21.3. The van der Waals surface area contributed by atoms with Gasteiger partial charge in [-0.05, 0) is 38.5 Å². The molecular weight excluding hydrogens is 400 g/mol. The van der Waals surface area contributed by atoms with Gasteiger partial charge >= 0.3 is 0 Å². The Kier molecular flexibility index (Phi) is 5.99. The molecule has 1 aromatic heterocycles. The minimum atomic E-state index is -0.0973. The number of fused-ring (bicyclic) bond motifs is 2. The van der Waals surface area contributed by atoms with Crippen LogP contribution in [-0.2, 0) is 30.8 Å². The highest BCUT2D eigenvalue weighted by Gasteiger charge is 2.44. The summed E-state index contributed by atoms with van der Waals surface area (Å²) in [6, 6.07) is 0. The lowest BCUT2D eigenvalue weighted by Gasteiger charge is -2.39. The van der Waals surface area contributed by atoms with Gasteiger partial charge in [-0.1, -0.05) is 0 Å². The lowest BCUT2D eigenvalue weighted by molar-refractivity contribution is -0.138. The largest absolute Gasteiger partial charge is 0.378 e. The van der Waals surface area contributed by atoms with Crippen LogP contribution in [-0.4, -0.2) is 86.1 Å². The first-order valence-electron chi connectivity index (χ1n) is 11.6. The molecule has 0 aromatic carbocycles. The highest BCUT2D eigenvalue weighted by atomic mass is 16.5. The number of nitrogens with zero attached hydrogens (tertiary/aromatic N) is 3. The maximum absolute atomic E-state index is 12.8. The van der Waals surface area contributed by atoms with Crippen LogP contribution in [0.25, 0.3) is 0 Å². The van der Waals surface area contributed by atoms with Crippen LogP contribution in [0.5, 0.6) is 0 Å². The van der Waals surface area contributed by atoms with Crippen molar-refractivity contribution in [2.75, 3.05) is 64.1 Å². The number of hydrogen-bond donors (Lipinski definition) is 1. The van der Waals surface area contributed by atoms with E-state index < -0.39 is 0 Å². The van der Waals surface area contributed by atoms with Crippen molar-refractivity contribution in [1.82, 2.24) is 14.9 Å². The van der Waals surface area contributed by atoms with Crippen LogP contribution in [0.15, 0.2) is 4.79 Å². The molecule has 3 fully saturated rings. The van der Waals surface area contributed by atoms with E-state index in [9.17, 15) is 9.59 Å². The zero-order valence-corrected chi connectivity index (χ0v) is 18.1. The van der Waals surface area contributed by atoms with Crippen molar-refractivity contribution in [1.29, 1.82) is 0 Å². The number of anilines is 1. The molecule has 0 saturated carbocycles. The summed E-state index contributed by atoms with van der Waals surface area (Å²) >= 11 is 0. The summed E-state index contributed by atoms with van der Waals surface area (Å²) in [5.74, 6) is 0.702. The van der Waals surface area contributed by atoms with Crippen LogP contribution in [0, 0.1) is 0 Å². The molecule has 1 unspecified atom stereocenters. The fraction of sp³-hybridized carbons (Fsp3) is 0.773. The van der Waals surface area contributed by atoms with E-state index in [-0.39, 0.29) is 29.6 Å². The van der Waals surface area contributed by atoms with E-state index in [1.54, 1.807) is 0 Å². The van der Waals surface area contributed by atoms with Gasteiger partial charge in [-0.15, -0.1) is 0 Å². The van der Waals surface area contributed by atoms with Gasteiger partial charge in [0.25, 0.3) is 5.56 Å². The molecular formula is C22H32N4O5. The van der Waals surface area contributed by atoms with Gasteiger partial charge in [0.1, 0.15) is 6.61 Å². The second kappa shape index (κ2) is 8.88. The van der Waals surface area contributed by atoms with Gasteiger partial charge in [0, 0.05) is 43.8 Å². The average Bonchev–Trinajstić information content (AvgIpc) is 3.44. The van der Waals surface area contributed by atoms with Crippen molar-refractivity contribution >= 4 is 11.9 Å². The monoisotopic (exact) mass is 432 g/mol. The van der Waals surface area contributed by atoms with Crippen molar-refractivity contribution in [3.05, 3.63) is 21.6 Å². The first kappa shape index (κ1) is 20.9. The molecule has 0 radical (unpaired) electrons. The molecule has 1 aromatic rings. The van der Waals surface area contributed by atoms with E-state index in [0.717, 1.165) is 69.5 Å². The van der Waals surface area contributed by atoms with Crippen molar-refractivity contribution in [2.45, 2.75) is 50.0 Å². The SMILES string of the molecule is O=C(COCC1CCCO1)N1CCC2(CCc3c2nc(N2CCOCC2)[nH]c3=O)CC1. The molecule has 1 amide bonds. The number of aromatic nitrogens is 2. The molecule has 9 nitrogen and oxygen atoms in total. The summed E-state index contributed by atoms with van der Waals surface area (Å²) in [4.78, 5) is 37.3. The first-order chi connectivity index (χ1) is 15.1. The van der Waals surface area contributed by atoms with Crippen molar-refractivity contribution < 1.29 is 19.0 Å². The standard InChI is InChI=1S/C22H32N4O5/c27-18(15-30-14-16-2-1-11-31-16)25-7-5-22(6-8-25)4-3-17-19(22)23-21(24-20(17)28)26-9-12-29-13-10-26/h16H,1-15H2,(H,23,24,28). The summed E-state index contributed by atoms with van der Waals surface area (Å²) in [6.07, 6.45) is 5.60. The molecule has 1 N–H and O–H groups in total. The predicted octanol–water partition coefficient (Wildman–Crippen LogP) is 0.609. The van der Waals surface area contributed by atoms with Gasteiger partial charge in [0.15, 0.2) is 0 Å². The normalized spacial score (nSPS) is 25.2. The third kappa shape index (κ3) is 4.23. The van der Waals surface area contributed by atoms with Crippen LogP contribution in [0.3, 0.4) is 0 Å². The Bertz CT molecular complexity index is 852. The Morgan fingerprint density at radius 2 is 1.97 bits per heavy atom. The lowest BCUT2D eigenvalue weighted by Crippen LogP contribution is -2.46. The number of likely N-dealkylation sites (tertiary alicyclic amines) is 1. The highest BCUT2D eigenvalue weighted by Crippen LogP contribution is 2.44. The summed E-state index contributed by atoms with van der Waals surface area (Å²) in [5, 5.41) is 0. The molecule has 3 saturated heterocycles. The molecule has 4 aliphatic rings. The minimum absolute atomic E-state index is 0.00981. The van der Waals surface area contributed by atoms with Gasteiger partial charge in [0.05, 0.1) is 31.6 Å². The van der Waals surface area contributed by atoms with E-state index in [4.69, 9.17) is 19.2 Å². The zero-order valence-electron chi connectivity index (χ0n) is 18.1. The van der Waals surface area contributed by atoms with E-state index in [1.165, 1.54) is 0 Å². The minimum Gasteiger partial charge on any atom is -0.378 e. The quantitative estimate of drug-likeness (QED) is 0.728. The van der Waals surface area contributed by atoms with Crippen LogP contribution < -0.4 is 10.5 Å². The number of carbonyl (C=O) groups is 1. The Balaban J connectivity index is 1.22. The number of amides is 1. The number of ether oxygens (including phenoxy) is 3. The van der Waals surface area contributed by atoms with E-state index in [1.807, 2.05) is 4.90 Å². The lowest BCUT2D eigenvalue weighted by atomic mass is 9.76. The third-order valence-electron chi connectivity index (χ3n) is 7.30. The first-order valence-corrected chi connectivity index (χ1v) is 11.6. The summed E-state index contributed by atoms with van der Waals surface area (Å²) < 4.78 is 16.6. The van der Waals surface area contributed by atoms with E-state index in [2.05, 4.69) is 9.88 Å². The number of hydrogen-bond acceptors (Lipinski definition) is 7. The van der Waals surface area contributed by atoms with Crippen molar-refractivity contribution in [2.24, 2.45) is 0 Å². The Labute approximate surface area is 182 Å². The number of rotatable bonds is 5. The molecule has 1 atom stereocenters. The third-order valence-corrected chi connectivity index (χ3v) is 7.30. The Morgan fingerprint density at radius 3 is 2.71 bits per heavy atom. The maximum Gasteiger partial charge on any atom is 0.255 e. The fourth-order valence-electron chi connectivity index (χ4n) is 5.38. The summed E-state index contributed by atoms with van der Waals surface area (Å²) in [6.45, 7) is 5.55. The van der Waals surface area contributed by atoms with Crippen LogP contribution >= 0.6 is 0 Å². The van der Waals surface area contributed by atoms with Crippen LogP contribution in [0.1, 0.15) is 43.4 Å². The van der Waals surface area contributed by atoms with Gasteiger partial charge in [-0.25, -0.2) is 4.98 Å². The van der Waals surface area contributed by atoms with Crippen molar-refractivity contribution in [3.63, 3.8) is 0 Å². The number of nitrogens with one attached hydrogen (secondary N) is 1. The van der Waals surface area contributed by atoms with Gasteiger partial charge in [0.2, 0.25) is 11.9 Å². The number of aromatic amines is 1. The molecule has 31 heavy (non-hydrogen) atoms. The molecule has 1 spiro atoms. The number of morpholine rings is 1. The average molecular weight is 433 g/mol. The van der Waals surface area contributed by atoms with E-state index >= 15 is 0 Å². The molecule has 4 heterocycles. The number of H-pyrrole nitrogens is 1. The Hall–Kier alpha value is -1.97. The van der Waals surface area contributed by atoms with Crippen molar-refractivity contribution in [3.8, 4) is 0 Å². The van der Waals surface area contributed by atoms with Gasteiger partial charge in [-0.3, -0.25) is 14.6 Å². The fourth-order valence-corrected chi connectivity index (χ4v) is 5.38. The predicted molar refractivity (Wildman–Crippen MR) is 113 cm³/mol. The van der Waals surface area contributed by atoms with Gasteiger partial charge in [-0.2, -0.15) is 0 Å². The van der Waals surface area contributed by atoms with Crippen LogP contribution in [0.4, 0.5) is 5.95 Å². The number of piperidine rings is 1. The molecule has 3 aliphatic heterocycles. The molecule has 170 valence electrons. The van der Waals surface area contributed by atoms with Crippen LogP contribution in [0.2, 0.25) is 0 Å². The Morgan fingerprint density at radius 1 is 1.16 bits per heavy atom. The van der Waals surface area contributed by atoms with Gasteiger partial charge < -0.3 is 24.0 Å². The molecule has 5 rings (SSSR count). The second-order valence-corrected chi connectivity index (χ2v) is 9.13.